The fourth-order valence-electron chi connectivity index (χ4n) is 6.31. The SMILES string of the molecule is C=CCNC(=O)C(=O)C(CCCC)NC(=O)C1CCCN1C(=O)C(NC(=O)NC(CNCCCCS)C1CCCCC1)C(C)(C)C.CCC. The first-order valence-corrected chi connectivity index (χ1v) is 19.4. The van der Waals surface area contributed by atoms with Gasteiger partial charge in [-0.1, -0.05) is 86.1 Å². The second-order valence-corrected chi connectivity index (χ2v) is 15.0. The second-order valence-electron chi connectivity index (χ2n) is 14.5. The van der Waals surface area contributed by atoms with Gasteiger partial charge in [0.05, 0.1) is 6.04 Å². The Kier molecular flexibility index (Phi) is 22.2. The molecule has 5 N–H and O–H groups in total. The first kappa shape index (κ1) is 44.4. The van der Waals surface area contributed by atoms with Crippen molar-refractivity contribution in [2.75, 3.05) is 31.9 Å². The lowest BCUT2D eigenvalue weighted by Crippen LogP contribution is -2.61. The summed E-state index contributed by atoms with van der Waals surface area (Å²) in [5.74, 6) is -1.07. The van der Waals surface area contributed by atoms with Crippen LogP contribution in [0.1, 0.15) is 125 Å². The van der Waals surface area contributed by atoms with Crippen LogP contribution < -0.4 is 26.6 Å². The molecule has 11 nitrogen and oxygen atoms in total. The molecule has 0 aromatic carbocycles. The average molecular weight is 709 g/mol. The van der Waals surface area contributed by atoms with Crippen LogP contribution in [0, 0.1) is 11.3 Å². The zero-order valence-corrected chi connectivity index (χ0v) is 32.2. The Morgan fingerprint density at radius 1 is 0.918 bits per heavy atom. The minimum atomic E-state index is -0.986. The molecular formula is C37H68N6O5S. The molecular weight excluding hydrogens is 641 g/mol. The van der Waals surface area contributed by atoms with Gasteiger partial charge in [0.1, 0.15) is 12.1 Å². The van der Waals surface area contributed by atoms with Crippen LogP contribution in [0.3, 0.4) is 0 Å². The molecule has 1 saturated heterocycles. The zero-order valence-electron chi connectivity index (χ0n) is 31.3. The maximum Gasteiger partial charge on any atom is 0.315 e. The molecule has 0 spiro atoms. The van der Waals surface area contributed by atoms with Gasteiger partial charge in [0, 0.05) is 25.7 Å². The first-order valence-electron chi connectivity index (χ1n) is 18.8. The number of carbonyl (C=O) groups is 5. The molecule has 0 aromatic rings. The minimum absolute atomic E-state index is 0.0568. The highest BCUT2D eigenvalue weighted by molar-refractivity contribution is 7.80. The third-order valence-electron chi connectivity index (χ3n) is 9.00. The van der Waals surface area contributed by atoms with E-state index in [1.165, 1.54) is 23.8 Å². The van der Waals surface area contributed by atoms with Crippen molar-refractivity contribution < 1.29 is 24.0 Å². The van der Waals surface area contributed by atoms with Gasteiger partial charge in [-0.3, -0.25) is 19.2 Å². The number of likely N-dealkylation sites (tertiary alicyclic amines) is 1. The Morgan fingerprint density at radius 2 is 1.59 bits per heavy atom. The summed E-state index contributed by atoms with van der Waals surface area (Å²) in [7, 11) is 0. The number of thiol groups is 1. The number of unbranched alkanes of at least 4 members (excludes halogenated alkanes) is 2. The van der Waals surface area contributed by atoms with Crippen LogP contribution >= 0.6 is 12.6 Å². The van der Waals surface area contributed by atoms with E-state index in [1.807, 2.05) is 27.7 Å². The smallest absolute Gasteiger partial charge is 0.315 e. The summed E-state index contributed by atoms with van der Waals surface area (Å²) in [5.41, 5.74) is -0.633. The molecule has 1 saturated carbocycles. The van der Waals surface area contributed by atoms with Gasteiger partial charge in [0.15, 0.2) is 0 Å². The molecule has 49 heavy (non-hydrogen) atoms. The summed E-state index contributed by atoms with van der Waals surface area (Å²) >= 11 is 4.29. The Bertz CT molecular complexity index is 1030. The van der Waals surface area contributed by atoms with Crippen molar-refractivity contribution in [3.63, 3.8) is 0 Å². The monoisotopic (exact) mass is 708 g/mol. The first-order chi connectivity index (χ1) is 23.4. The Hall–Kier alpha value is -2.60. The molecule has 4 unspecified atom stereocenters. The highest BCUT2D eigenvalue weighted by Gasteiger charge is 2.43. The molecule has 282 valence electrons. The lowest BCUT2D eigenvalue weighted by atomic mass is 9.83. The number of carbonyl (C=O) groups excluding carboxylic acids is 5. The summed E-state index contributed by atoms with van der Waals surface area (Å²) < 4.78 is 0. The summed E-state index contributed by atoms with van der Waals surface area (Å²) in [6, 6.07) is -3.11. The van der Waals surface area contributed by atoms with Gasteiger partial charge in [0.25, 0.3) is 5.91 Å². The highest BCUT2D eigenvalue weighted by atomic mass is 32.1. The molecule has 1 aliphatic heterocycles. The van der Waals surface area contributed by atoms with Crippen molar-refractivity contribution in [3.8, 4) is 0 Å². The van der Waals surface area contributed by atoms with Gasteiger partial charge in [-0.05, 0) is 68.6 Å². The van der Waals surface area contributed by atoms with E-state index < -0.39 is 47.2 Å². The normalized spacial score (nSPS) is 18.3. The quantitative estimate of drug-likeness (QED) is 0.0487. The number of rotatable bonds is 19. The summed E-state index contributed by atoms with van der Waals surface area (Å²) in [6.07, 6.45) is 13.2. The third-order valence-corrected chi connectivity index (χ3v) is 9.31. The lowest BCUT2D eigenvalue weighted by molar-refractivity contribution is -0.143. The fourth-order valence-corrected chi connectivity index (χ4v) is 6.53. The predicted molar refractivity (Wildman–Crippen MR) is 202 cm³/mol. The molecule has 0 bridgehead atoms. The van der Waals surface area contributed by atoms with Gasteiger partial charge in [0.2, 0.25) is 17.6 Å². The standard InChI is InChI=1S/C34H60N6O5S.C3H8/c1-6-8-17-25(28(41)31(43)36-19-7-2)37-30(42)27-18-14-21-40(27)32(44)29(34(3,4)5)39-33(45)38-26(23-35-20-12-13-22-46)24-15-10-9-11-16-24;1-3-2/h7,24-27,29,35,46H,2,6,8-23H2,1,3-5H3,(H,36,43)(H,37,42)(H2,38,39,45);3H2,1-2H3. The predicted octanol–water partition coefficient (Wildman–Crippen LogP) is 4.90. The van der Waals surface area contributed by atoms with Gasteiger partial charge in [-0.2, -0.15) is 12.6 Å². The van der Waals surface area contributed by atoms with Crippen LogP contribution in [-0.2, 0) is 19.2 Å². The summed E-state index contributed by atoms with van der Waals surface area (Å²) in [5, 5.41) is 14.9. The Balaban J connectivity index is 0.00000385. The molecule has 1 heterocycles. The van der Waals surface area contributed by atoms with E-state index in [4.69, 9.17) is 0 Å². The van der Waals surface area contributed by atoms with E-state index in [-0.39, 0.29) is 18.5 Å². The van der Waals surface area contributed by atoms with Gasteiger partial charge < -0.3 is 31.5 Å². The van der Waals surface area contributed by atoms with E-state index in [9.17, 15) is 24.0 Å². The molecule has 12 heteroatoms. The number of hydrogen-bond donors (Lipinski definition) is 6. The number of urea groups is 1. The number of hydrogen-bond acceptors (Lipinski definition) is 7. The molecule has 2 aliphatic rings. The number of ketones is 1. The van der Waals surface area contributed by atoms with E-state index in [0.29, 0.717) is 44.7 Å². The van der Waals surface area contributed by atoms with Crippen LogP contribution in [0.15, 0.2) is 12.7 Å². The van der Waals surface area contributed by atoms with Crippen molar-refractivity contribution in [1.82, 2.24) is 31.5 Å². The maximum atomic E-state index is 14.1. The number of amides is 5. The van der Waals surface area contributed by atoms with Crippen molar-refractivity contribution in [2.24, 2.45) is 11.3 Å². The average Bonchev–Trinajstić information content (AvgIpc) is 3.57. The lowest BCUT2D eigenvalue weighted by Gasteiger charge is -2.37. The van der Waals surface area contributed by atoms with Crippen LogP contribution in [0.4, 0.5) is 4.79 Å². The van der Waals surface area contributed by atoms with Crippen molar-refractivity contribution in [2.45, 2.75) is 149 Å². The molecule has 1 aliphatic carbocycles. The molecule has 0 radical (unpaired) electrons. The Labute approximate surface area is 302 Å². The number of nitrogens with zero attached hydrogens (tertiary/aromatic N) is 1. The summed E-state index contributed by atoms with van der Waals surface area (Å²) in [6.45, 7) is 17.5. The number of Topliss-reactive ketones (excluding diaryl/α,β-unsaturated/α-hetero) is 1. The fraction of sp³-hybridized carbons (Fsp3) is 0.811. The van der Waals surface area contributed by atoms with Crippen LogP contribution in [0.25, 0.3) is 0 Å². The van der Waals surface area contributed by atoms with E-state index in [0.717, 1.165) is 57.2 Å². The molecule has 2 fully saturated rings. The second kappa shape index (κ2) is 24.5. The van der Waals surface area contributed by atoms with Crippen LogP contribution in [0.2, 0.25) is 0 Å². The molecule has 5 amide bonds. The molecule has 2 rings (SSSR count). The highest BCUT2D eigenvalue weighted by Crippen LogP contribution is 2.28. The van der Waals surface area contributed by atoms with Gasteiger partial charge in [-0.25, -0.2) is 4.79 Å². The minimum Gasteiger partial charge on any atom is -0.346 e. The third kappa shape index (κ3) is 16.3. The maximum absolute atomic E-state index is 14.1. The van der Waals surface area contributed by atoms with Crippen molar-refractivity contribution in [1.29, 1.82) is 0 Å². The van der Waals surface area contributed by atoms with Gasteiger partial charge in [-0.15, -0.1) is 6.58 Å². The summed E-state index contributed by atoms with van der Waals surface area (Å²) in [4.78, 5) is 67.9. The van der Waals surface area contributed by atoms with Crippen molar-refractivity contribution in [3.05, 3.63) is 12.7 Å². The van der Waals surface area contributed by atoms with E-state index in [1.54, 1.807) is 0 Å². The van der Waals surface area contributed by atoms with Crippen LogP contribution in [-0.4, -0.2) is 90.5 Å². The zero-order chi connectivity index (χ0) is 36.8. The van der Waals surface area contributed by atoms with E-state index in [2.05, 4.69) is 59.6 Å². The topological polar surface area (TPSA) is 149 Å². The van der Waals surface area contributed by atoms with Crippen LogP contribution in [0.5, 0.6) is 0 Å². The van der Waals surface area contributed by atoms with E-state index >= 15 is 0 Å². The largest absolute Gasteiger partial charge is 0.346 e. The Morgan fingerprint density at radius 3 is 2.18 bits per heavy atom. The molecule has 4 atom stereocenters. The molecule has 0 aromatic heterocycles. The van der Waals surface area contributed by atoms with Gasteiger partial charge >= 0.3 is 6.03 Å². The van der Waals surface area contributed by atoms with Crippen molar-refractivity contribution >= 4 is 42.2 Å². The number of nitrogens with one attached hydrogen (secondary N) is 5.